The molecule has 3 aromatic carbocycles. The second-order valence-electron chi connectivity index (χ2n) is 8.45. The van der Waals surface area contributed by atoms with Crippen molar-refractivity contribution in [2.45, 2.75) is 18.5 Å². The Labute approximate surface area is 190 Å². The number of likely N-dealkylation sites (tertiary alicyclic amines) is 1. The molecule has 1 amide bonds. The highest BCUT2D eigenvalue weighted by molar-refractivity contribution is 5.95. The fraction of sp³-hybridized carbons (Fsp3) is 0.240. The molecule has 2 unspecified atom stereocenters. The molecule has 2 atom stereocenters. The van der Waals surface area contributed by atoms with E-state index in [1.165, 1.54) is 5.39 Å². The number of hydrogen-bond acceptors (Lipinski definition) is 7. The molecule has 8 heteroatoms. The molecule has 1 N–H and O–H groups in total. The van der Waals surface area contributed by atoms with Gasteiger partial charge in [-0.05, 0) is 48.5 Å². The summed E-state index contributed by atoms with van der Waals surface area (Å²) in [4.78, 5) is 19.6. The van der Waals surface area contributed by atoms with Gasteiger partial charge in [-0.2, -0.15) is 4.98 Å². The number of amides is 1. The normalized spacial score (nSPS) is 19.8. The van der Waals surface area contributed by atoms with Crippen molar-refractivity contribution in [2.75, 3.05) is 20.4 Å². The largest absolute Gasteiger partial charge is 0.454 e. The topological polar surface area (TPSA) is 89.7 Å². The minimum atomic E-state index is -0.144. The molecule has 166 valence electrons. The lowest BCUT2D eigenvalue weighted by Gasteiger charge is -2.14. The van der Waals surface area contributed by atoms with Crippen LogP contribution in [0.1, 0.15) is 28.7 Å². The molecule has 1 fully saturated rings. The molecule has 4 aromatic rings. The van der Waals surface area contributed by atoms with Crippen LogP contribution in [0.5, 0.6) is 11.5 Å². The summed E-state index contributed by atoms with van der Waals surface area (Å²) in [6.07, 6.45) is 0.687. The summed E-state index contributed by atoms with van der Waals surface area (Å²) >= 11 is 0. The number of likely N-dealkylation sites (N-methyl/N-ethyl adjacent to an activating group) is 1. The van der Waals surface area contributed by atoms with E-state index in [2.05, 4.69) is 44.6 Å². The number of ether oxygens (including phenoxy) is 2. The van der Waals surface area contributed by atoms with E-state index in [1.807, 2.05) is 25.2 Å². The first-order valence-corrected chi connectivity index (χ1v) is 10.9. The number of nitrogens with zero attached hydrogens (tertiary/aromatic N) is 3. The fourth-order valence-corrected chi connectivity index (χ4v) is 4.52. The van der Waals surface area contributed by atoms with E-state index in [1.54, 1.807) is 18.2 Å². The van der Waals surface area contributed by atoms with Gasteiger partial charge in [0, 0.05) is 23.7 Å². The summed E-state index contributed by atoms with van der Waals surface area (Å²) in [5.74, 6) is 2.23. The second kappa shape index (κ2) is 7.90. The quantitative estimate of drug-likeness (QED) is 0.514. The van der Waals surface area contributed by atoms with Gasteiger partial charge in [0.15, 0.2) is 11.5 Å². The van der Waals surface area contributed by atoms with Gasteiger partial charge in [-0.25, -0.2) is 0 Å². The molecule has 2 aliphatic heterocycles. The average molecular weight is 442 g/mol. The Morgan fingerprint density at radius 2 is 1.88 bits per heavy atom. The summed E-state index contributed by atoms with van der Waals surface area (Å²) in [6, 6.07) is 19.4. The third kappa shape index (κ3) is 3.68. The first-order valence-electron chi connectivity index (χ1n) is 10.9. The van der Waals surface area contributed by atoms with Crippen molar-refractivity contribution in [1.29, 1.82) is 0 Å². The van der Waals surface area contributed by atoms with Crippen LogP contribution in [-0.4, -0.2) is 47.4 Å². The van der Waals surface area contributed by atoms with Crippen LogP contribution in [0.15, 0.2) is 65.2 Å². The molecule has 2 aliphatic rings. The van der Waals surface area contributed by atoms with E-state index < -0.39 is 0 Å². The Morgan fingerprint density at radius 1 is 1.03 bits per heavy atom. The number of benzene rings is 3. The van der Waals surface area contributed by atoms with Crippen molar-refractivity contribution in [3.8, 4) is 22.9 Å². The number of hydrogen-bond donors (Lipinski definition) is 1. The zero-order chi connectivity index (χ0) is 22.4. The predicted molar refractivity (Wildman–Crippen MR) is 121 cm³/mol. The predicted octanol–water partition coefficient (Wildman–Crippen LogP) is 3.79. The lowest BCUT2D eigenvalue weighted by molar-refractivity contribution is 0.0938. The zero-order valence-electron chi connectivity index (χ0n) is 18.0. The molecular weight excluding hydrogens is 420 g/mol. The van der Waals surface area contributed by atoms with Crippen LogP contribution in [0.4, 0.5) is 0 Å². The van der Waals surface area contributed by atoms with Crippen LogP contribution in [0.2, 0.25) is 0 Å². The fourth-order valence-electron chi connectivity index (χ4n) is 4.52. The smallest absolute Gasteiger partial charge is 0.251 e. The number of carbonyl (C=O) groups is 1. The highest BCUT2D eigenvalue weighted by atomic mass is 16.7. The maximum atomic E-state index is 12.8. The third-order valence-electron chi connectivity index (χ3n) is 6.25. The summed E-state index contributed by atoms with van der Waals surface area (Å²) in [5, 5.41) is 9.62. The minimum Gasteiger partial charge on any atom is -0.454 e. The van der Waals surface area contributed by atoms with Crippen LogP contribution in [0.3, 0.4) is 0 Å². The molecule has 1 aromatic heterocycles. The Bertz CT molecular complexity index is 1350. The molecule has 0 spiro atoms. The van der Waals surface area contributed by atoms with Gasteiger partial charge < -0.3 is 19.3 Å². The van der Waals surface area contributed by atoms with E-state index in [9.17, 15) is 4.79 Å². The second-order valence-corrected chi connectivity index (χ2v) is 8.45. The number of aromatic nitrogens is 2. The number of rotatable bonds is 4. The van der Waals surface area contributed by atoms with Crippen molar-refractivity contribution in [3.63, 3.8) is 0 Å². The van der Waals surface area contributed by atoms with Gasteiger partial charge in [0.2, 0.25) is 18.5 Å². The Hall–Kier alpha value is -3.91. The number of carbonyl (C=O) groups excluding carboxylic acids is 1. The zero-order valence-corrected chi connectivity index (χ0v) is 18.0. The number of nitrogens with one attached hydrogen (secondary N) is 1. The standard InChI is InChI=1S/C25H22N4O4/c1-29-13-19(26-24(30)18-8-9-21-22(11-18)32-14-31-21)12-20(29)25-27-23(28-33-25)17-7-6-15-4-2-3-5-16(15)10-17/h2-11,19-20H,12-14H2,1H3,(H,26,30). The van der Waals surface area contributed by atoms with Gasteiger partial charge in [0.25, 0.3) is 5.91 Å². The van der Waals surface area contributed by atoms with E-state index >= 15 is 0 Å². The van der Waals surface area contributed by atoms with E-state index in [4.69, 9.17) is 14.0 Å². The van der Waals surface area contributed by atoms with Crippen LogP contribution in [0.25, 0.3) is 22.2 Å². The average Bonchev–Trinajstić information content (AvgIpc) is 3.58. The summed E-state index contributed by atoms with van der Waals surface area (Å²) in [7, 11) is 2.00. The maximum absolute atomic E-state index is 12.8. The van der Waals surface area contributed by atoms with Gasteiger partial charge in [0.1, 0.15) is 0 Å². The van der Waals surface area contributed by atoms with Gasteiger partial charge in [-0.1, -0.05) is 41.6 Å². The highest BCUT2D eigenvalue weighted by Gasteiger charge is 2.35. The van der Waals surface area contributed by atoms with Crippen molar-refractivity contribution < 1.29 is 18.8 Å². The highest BCUT2D eigenvalue weighted by Crippen LogP contribution is 2.34. The molecule has 1 saturated heterocycles. The van der Waals surface area contributed by atoms with Gasteiger partial charge in [0.05, 0.1) is 6.04 Å². The number of fused-ring (bicyclic) bond motifs is 2. The van der Waals surface area contributed by atoms with Gasteiger partial charge in [-0.3, -0.25) is 9.69 Å². The van der Waals surface area contributed by atoms with Crippen LogP contribution >= 0.6 is 0 Å². The summed E-state index contributed by atoms with van der Waals surface area (Å²) in [5.41, 5.74) is 1.46. The lowest BCUT2D eigenvalue weighted by atomic mass is 10.1. The first kappa shape index (κ1) is 19.8. The molecule has 3 heterocycles. The summed E-state index contributed by atoms with van der Waals surface area (Å²) < 4.78 is 16.3. The third-order valence-corrected chi connectivity index (χ3v) is 6.25. The Balaban J connectivity index is 1.16. The van der Waals surface area contributed by atoms with Gasteiger partial charge >= 0.3 is 0 Å². The minimum absolute atomic E-state index is 0.0334. The molecule has 6 rings (SSSR count). The molecule has 0 bridgehead atoms. The lowest BCUT2D eigenvalue weighted by Crippen LogP contribution is -2.36. The van der Waals surface area contributed by atoms with E-state index in [-0.39, 0.29) is 24.8 Å². The molecule has 0 radical (unpaired) electrons. The van der Waals surface area contributed by atoms with E-state index in [0.29, 0.717) is 41.7 Å². The van der Waals surface area contributed by atoms with E-state index in [0.717, 1.165) is 10.9 Å². The Morgan fingerprint density at radius 3 is 2.79 bits per heavy atom. The molecular formula is C25H22N4O4. The molecule has 0 saturated carbocycles. The van der Waals surface area contributed by atoms with Gasteiger partial charge in [-0.15, -0.1) is 0 Å². The first-order chi connectivity index (χ1) is 16.1. The molecule has 8 nitrogen and oxygen atoms in total. The van der Waals surface area contributed by atoms with Crippen LogP contribution < -0.4 is 14.8 Å². The maximum Gasteiger partial charge on any atom is 0.251 e. The van der Waals surface area contributed by atoms with Crippen LogP contribution in [0, 0.1) is 0 Å². The summed E-state index contributed by atoms with van der Waals surface area (Å²) in [6.45, 7) is 0.871. The van der Waals surface area contributed by atoms with Crippen molar-refractivity contribution in [1.82, 2.24) is 20.4 Å². The van der Waals surface area contributed by atoms with Crippen molar-refractivity contribution in [2.24, 2.45) is 0 Å². The molecule has 0 aliphatic carbocycles. The van der Waals surface area contributed by atoms with Crippen LogP contribution in [-0.2, 0) is 0 Å². The SMILES string of the molecule is CN1CC(NC(=O)c2ccc3c(c2)OCO3)CC1c1nc(-c2ccc3ccccc3c2)no1. The monoisotopic (exact) mass is 442 g/mol. The Kier molecular flexibility index (Phi) is 4.73. The molecule has 33 heavy (non-hydrogen) atoms. The van der Waals surface area contributed by atoms with Crippen molar-refractivity contribution >= 4 is 16.7 Å². The van der Waals surface area contributed by atoms with Crippen molar-refractivity contribution in [3.05, 3.63) is 72.1 Å².